The van der Waals surface area contributed by atoms with E-state index in [-0.39, 0.29) is 21.1 Å². The third-order valence-corrected chi connectivity index (χ3v) is 1.75. The van der Waals surface area contributed by atoms with Gasteiger partial charge in [0.05, 0.1) is 0 Å². The van der Waals surface area contributed by atoms with E-state index in [2.05, 4.69) is 0 Å². The second-order valence-electron chi connectivity index (χ2n) is 1.84. The van der Waals surface area contributed by atoms with Crippen molar-refractivity contribution in [2.24, 2.45) is 0 Å². The maximum Gasteiger partial charge on any atom is 0.522 e. The van der Waals surface area contributed by atoms with Gasteiger partial charge in [-0.15, -0.1) is 0 Å². The summed E-state index contributed by atoms with van der Waals surface area (Å²) in [6, 6.07) is 0. The van der Waals surface area contributed by atoms with Crippen molar-refractivity contribution in [1.82, 2.24) is 0 Å². The van der Waals surface area contributed by atoms with Crippen LogP contribution in [0.2, 0.25) is 0 Å². The molecule has 0 spiro atoms. The van der Waals surface area contributed by atoms with E-state index in [0.29, 0.717) is 0 Å². The second kappa shape index (κ2) is 6.31. The first-order valence-corrected chi connectivity index (χ1v) is 5.45. The molecule has 0 radical (unpaired) electrons. The molecule has 0 aromatic rings. The van der Waals surface area contributed by atoms with Gasteiger partial charge in [-0.25, -0.2) is 0 Å². The molecular formula is C2H2F6MoO6S2. The fourth-order valence-corrected chi connectivity index (χ4v) is 0. The average Bonchev–Trinajstić information content (AvgIpc) is 1.77. The summed E-state index contributed by atoms with van der Waals surface area (Å²) >= 11 is 0. The van der Waals surface area contributed by atoms with Crippen LogP contribution in [0, 0.1) is 0 Å². The minimum absolute atomic E-state index is 0. The molecule has 0 bridgehead atoms. The van der Waals surface area contributed by atoms with Crippen molar-refractivity contribution in [3.05, 3.63) is 0 Å². The molecule has 0 aliphatic rings. The van der Waals surface area contributed by atoms with E-state index < -0.39 is 31.3 Å². The van der Waals surface area contributed by atoms with Gasteiger partial charge in [-0.2, -0.15) is 43.2 Å². The van der Waals surface area contributed by atoms with Crippen molar-refractivity contribution in [3.8, 4) is 0 Å². The van der Waals surface area contributed by atoms with Gasteiger partial charge >= 0.3 is 31.3 Å². The molecule has 0 rings (SSSR count). The molecule has 0 aromatic carbocycles. The summed E-state index contributed by atoms with van der Waals surface area (Å²) in [6.07, 6.45) is 0. The second-order valence-corrected chi connectivity index (χ2v) is 4.67. The van der Waals surface area contributed by atoms with E-state index >= 15 is 0 Å². The third-order valence-electron chi connectivity index (χ3n) is 0.585. The Hall–Kier alpha value is 0.0883. The number of rotatable bonds is 0. The fraction of sp³-hybridized carbons (Fsp3) is 1.00. The van der Waals surface area contributed by atoms with E-state index in [9.17, 15) is 26.3 Å². The van der Waals surface area contributed by atoms with Crippen molar-refractivity contribution >= 4 is 20.2 Å². The Kier molecular flexibility index (Phi) is 8.27. The summed E-state index contributed by atoms with van der Waals surface area (Å²) in [5.41, 5.74) is -11.1. The standard InChI is InChI=1S/2CHF3O3S.Mo/c2*2-1(3,4)8(5,6)7;/h2*(H,5,6,7);. The maximum absolute atomic E-state index is 10.7. The Morgan fingerprint density at radius 1 is 0.647 bits per heavy atom. The van der Waals surface area contributed by atoms with Crippen LogP contribution in [0.3, 0.4) is 0 Å². The Balaban J connectivity index is -0.000000218. The summed E-state index contributed by atoms with van der Waals surface area (Å²) in [5, 5.41) is 0. The van der Waals surface area contributed by atoms with Gasteiger partial charge in [0, 0.05) is 21.1 Å². The van der Waals surface area contributed by atoms with Gasteiger partial charge in [-0.3, -0.25) is 9.11 Å². The van der Waals surface area contributed by atoms with Crippen LogP contribution in [0.5, 0.6) is 0 Å². The normalized spacial score (nSPS) is 13.2. The molecule has 0 aliphatic carbocycles. The largest absolute Gasteiger partial charge is 0.522 e. The predicted octanol–water partition coefficient (Wildman–Crippen LogP) is 0.786. The van der Waals surface area contributed by atoms with Crippen LogP contribution in [-0.2, 0) is 41.3 Å². The molecule has 0 fully saturated rings. The molecule has 17 heavy (non-hydrogen) atoms. The number of alkyl halides is 6. The molecular weight excluding hydrogens is 394 g/mol. The Morgan fingerprint density at radius 2 is 0.706 bits per heavy atom. The van der Waals surface area contributed by atoms with Crippen molar-refractivity contribution in [3.63, 3.8) is 0 Å². The molecule has 0 aliphatic heterocycles. The van der Waals surface area contributed by atoms with E-state index in [1.165, 1.54) is 0 Å². The van der Waals surface area contributed by atoms with Gasteiger partial charge in [-0.05, 0) is 0 Å². The molecule has 0 amide bonds. The first-order valence-electron chi connectivity index (χ1n) is 2.57. The summed E-state index contributed by atoms with van der Waals surface area (Å²) in [4.78, 5) is 0. The zero-order chi connectivity index (χ0) is 14.0. The van der Waals surface area contributed by atoms with Gasteiger partial charge in [-0.1, -0.05) is 0 Å². The van der Waals surface area contributed by atoms with Gasteiger partial charge in [0.25, 0.3) is 0 Å². The minimum atomic E-state index is -5.84. The monoisotopic (exact) mass is 398 g/mol. The molecule has 0 heterocycles. The Morgan fingerprint density at radius 3 is 0.706 bits per heavy atom. The van der Waals surface area contributed by atoms with Crippen molar-refractivity contribution in [2.75, 3.05) is 0 Å². The molecule has 0 atom stereocenters. The smallest absolute Gasteiger partial charge is 0.279 e. The summed E-state index contributed by atoms with van der Waals surface area (Å²) in [7, 11) is -11.7. The first kappa shape index (κ1) is 22.3. The van der Waals surface area contributed by atoms with E-state index in [1.54, 1.807) is 0 Å². The SMILES string of the molecule is O=S(=O)(O)C(F)(F)F.O=S(=O)(O)C(F)(F)F.[Mo]. The van der Waals surface area contributed by atoms with Crippen molar-refractivity contribution < 1.29 is 73.3 Å². The average molecular weight is 396 g/mol. The van der Waals surface area contributed by atoms with Crippen LogP contribution in [-0.4, -0.2) is 37.0 Å². The number of hydrogen-bond donors (Lipinski definition) is 2. The van der Waals surface area contributed by atoms with Gasteiger partial charge in [0.15, 0.2) is 0 Å². The fourth-order valence-electron chi connectivity index (χ4n) is 0. The van der Waals surface area contributed by atoms with Crippen molar-refractivity contribution in [2.45, 2.75) is 11.0 Å². The zero-order valence-corrected chi connectivity index (χ0v) is 10.7. The van der Waals surface area contributed by atoms with Gasteiger partial charge in [0.1, 0.15) is 0 Å². The van der Waals surface area contributed by atoms with Crippen LogP contribution >= 0.6 is 0 Å². The third kappa shape index (κ3) is 9.76. The zero-order valence-electron chi connectivity index (χ0n) is 7.02. The number of halogens is 6. The Bertz CT molecular complexity index is 374. The van der Waals surface area contributed by atoms with Gasteiger partial charge < -0.3 is 0 Å². The molecule has 2 N–H and O–H groups in total. The Labute approximate surface area is 105 Å². The summed E-state index contributed by atoms with van der Waals surface area (Å²) < 4.78 is 115. The quantitative estimate of drug-likeness (QED) is 0.271. The van der Waals surface area contributed by atoms with Crippen molar-refractivity contribution in [1.29, 1.82) is 0 Å². The van der Waals surface area contributed by atoms with Crippen LogP contribution < -0.4 is 0 Å². The first-order chi connectivity index (χ1) is 6.50. The predicted molar refractivity (Wildman–Crippen MR) is 35.2 cm³/mol. The summed E-state index contributed by atoms with van der Waals surface area (Å²) in [5.74, 6) is 0. The molecule has 0 aromatic heterocycles. The number of hydrogen-bond acceptors (Lipinski definition) is 4. The topological polar surface area (TPSA) is 109 Å². The van der Waals surface area contributed by atoms with Crippen LogP contribution in [0.15, 0.2) is 0 Å². The van der Waals surface area contributed by atoms with Crippen LogP contribution in [0.1, 0.15) is 0 Å². The van der Waals surface area contributed by atoms with Gasteiger partial charge in [0.2, 0.25) is 0 Å². The van der Waals surface area contributed by atoms with E-state index in [0.717, 1.165) is 0 Å². The molecule has 0 unspecified atom stereocenters. The van der Waals surface area contributed by atoms with E-state index in [4.69, 9.17) is 25.9 Å². The molecule has 106 valence electrons. The minimum Gasteiger partial charge on any atom is -0.279 e. The molecule has 15 heteroatoms. The summed E-state index contributed by atoms with van der Waals surface area (Å²) in [6.45, 7) is 0. The molecule has 0 saturated heterocycles. The molecule has 6 nitrogen and oxygen atoms in total. The van der Waals surface area contributed by atoms with Crippen LogP contribution in [0.4, 0.5) is 26.3 Å². The van der Waals surface area contributed by atoms with Crippen LogP contribution in [0.25, 0.3) is 0 Å². The maximum atomic E-state index is 10.7. The van der Waals surface area contributed by atoms with E-state index in [1.807, 2.05) is 0 Å². The molecule has 0 saturated carbocycles.